The third-order valence-electron chi connectivity index (χ3n) is 5.23. The van der Waals surface area contributed by atoms with E-state index < -0.39 is 60.4 Å². The molecule has 34 heavy (non-hydrogen) atoms. The Kier molecular flexibility index (Phi) is 11.7. The van der Waals surface area contributed by atoms with Gasteiger partial charge in [0.25, 0.3) is 0 Å². The van der Waals surface area contributed by atoms with Gasteiger partial charge in [-0.2, -0.15) is 0 Å². The molecular weight excluding hydrogens is 452 g/mol. The normalized spacial score (nSPS) is 17.8. The lowest BCUT2D eigenvalue weighted by molar-refractivity contribution is -0.150. The quantitative estimate of drug-likeness (QED) is 0.0664. The first-order valence-electron chi connectivity index (χ1n) is 10.8. The number of carbonyl (C=O) groups excluding carboxylic acids is 4. The number of nitrogens with zero attached hydrogens (tertiary/aromatic N) is 2. The number of aliphatic imine (C=N–C) groups is 1. The van der Waals surface area contributed by atoms with Crippen molar-refractivity contribution < 1.29 is 34.2 Å². The fraction of sp³-hybridized carbons (Fsp3) is 0.684. The third-order valence-corrected chi connectivity index (χ3v) is 5.23. The molecule has 1 heterocycles. The average molecular weight is 487 g/mol. The minimum Gasteiger partial charge on any atom is -0.480 e. The summed E-state index contributed by atoms with van der Waals surface area (Å²) in [6.07, 6.45) is 0.894. The monoisotopic (exact) mass is 486 g/mol. The number of amides is 4. The lowest BCUT2D eigenvalue weighted by Crippen LogP contribution is -2.58. The Morgan fingerprint density at radius 3 is 2.24 bits per heavy atom. The van der Waals surface area contributed by atoms with Gasteiger partial charge >= 0.3 is 5.97 Å². The van der Waals surface area contributed by atoms with Crippen LogP contribution in [0.5, 0.6) is 0 Å². The van der Waals surface area contributed by atoms with E-state index in [0.29, 0.717) is 12.8 Å². The van der Waals surface area contributed by atoms with Crippen LogP contribution in [0.1, 0.15) is 38.5 Å². The summed E-state index contributed by atoms with van der Waals surface area (Å²) in [5, 5.41) is 23.6. The fourth-order valence-electron chi connectivity index (χ4n) is 3.43. The van der Waals surface area contributed by atoms with Crippen LogP contribution in [0, 0.1) is 0 Å². The Balaban J connectivity index is 2.82. The molecule has 0 bridgehead atoms. The van der Waals surface area contributed by atoms with Crippen LogP contribution >= 0.6 is 0 Å². The highest BCUT2D eigenvalue weighted by Crippen LogP contribution is 2.18. The zero-order valence-corrected chi connectivity index (χ0v) is 18.8. The van der Waals surface area contributed by atoms with Crippen LogP contribution in [0.25, 0.3) is 0 Å². The first kappa shape index (κ1) is 28.6. The van der Waals surface area contributed by atoms with E-state index in [-0.39, 0.29) is 44.7 Å². The fourth-order valence-corrected chi connectivity index (χ4v) is 3.43. The number of aliphatic carboxylic acids is 1. The summed E-state index contributed by atoms with van der Waals surface area (Å²) in [5.74, 6) is -4.32. The molecular formula is C19H34N8O7. The number of carboxylic acid groups (broad SMARTS) is 1. The molecule has 0 aromatic carbocycles. The van der Waals surface area contributed by atoms with Crippen LogP contribution in [-0.2, 0) is 24.0 Å². The standard InChI is InChI=1S/C19H34N8O7/c20-10(3-1-7-24-19(22)23)15(30)25-11(5-6-14(21)29)16(31)26-12(9-28)17(32)27-8-2-4-13(27)18(33)34/h10-13,28H,1-9,20H2,(H2,21,29)(H,25,30)(H,26,31)(H,33,34)(H4,22,23,24). The number of likely N-dealkylation sites (tertiary alicyclic amines) is 1. The summed E-state index contributed by atoms with van der Waals surface area (Å²) in [5.41, 5.74) is 21.4. The van der Waals surface area contributed by atoms with Crippen molar-refractivity contribution in [1.29, 1.82) is 0 Å². The molecule has 1 rings (SSSR count). The van der Waals surface area contributed by atoms with Crippen LogP contribution in [0.3, 0.4) is 0 Å². The number of nitrogens with one attached hydrogen (secondary N) is 2. The maximum absolute atomic E-state index is 12.8. The lowest BCUT2D eigenvalue weighted by Gasteiger charge is -2.28. The van der Waals surface area contributed by atoms with Crippen LogP contribution in [0.4, 0.5) is 0 Å². The highest BCUT2D eigenvalue weighted by molar-refractivity contribution is 5.94. The summed E-state index contributed by atoms with van der Waals surface area (Å²) >= 11 is 0. The SMILES string of the molecule is NC(=O)CCC(NC(=O)C(N)CCCN=C(N)N)C(=O)NC(CO)C(=O)N1CCCC1C(=O)O. The minimum absolute atomic E-state index is 0.0993. The van der Waals surface area contributed by atoms with Gasteiger partial charge in [0.2, 0.25) is 23.6 Å². The second kappa shape index (κ2) is 13.9. The molecule has 1 fully saturated rings. The Hall–Kier alpha value is -3.46. The van der Waals surface area contributed by atoms with Gasteiger partial charge in [-0.1, -0.05) is 0 Å². The number of rotatable bonds is 14. The Bertz CT molecular complexity index is 787. The van der Waals surface area contributed by atoms with E-state index in [1.165, 1.54) is 0 Å². The largest absolute Gasteiger partial charge is 0.480 e. The highest BCUT2D eigenvalue weighted by Gasteiger charge is 2.38. The molecule has 4 atom stereocenters. The molecule has 12 N–H and O–H groups in total. The third kappa shape index (κ3) is 9.19. The maximum atomic E-state index is 12.8. The van der Waals surface area contributed by atoms with Gasteiger partial charge in [0, 0.05) is 19.5 Å². The van der Waals surface area contributed by atoms with E-state index in [4.69, 9.17) is 22.9 Å². The number of nitrogens with two attached hydrogens (primary N) is 4. The van der Waals surface area contributed by atoms with Gasteiger partial charge in [0.1, 0.15) is 18.1 Å². The predicted octanol–water partition coefficient (Wildman–Crippen LogP) is -4.33. The summed E-state index contributed by atoms with van der Waals surface area (Å²) in [4.78, 5) is 65.4. The van der Waals surface area contributed by atoms with Crippen molar-refractivity contribution in [3.8, 4) is 0 Å². The molecule has 1 aliphatic heterocycles. The molecule has 192 valence electrons. The van der Waals surface area contributed by atoms with Crippen molar-refractivity contribution in [1.82, 2.24) is 15.5 Å². The molecule has 0 saturated carbocycles. The Morgan fingerprint density at radius 2 is 1.68 bits per heavy atom. The predicted molar refractivity (Wildman–Crippen MR) is 120 cm³/mol. The van der Waals surface area contributed by atoms with Crippen molar-refractivity contribution >= 4 is 35.6 Å². The van der Waals surface area contributed by atoms with E-state index in [2.05, 4.69) is 15.6 Å². The van der Waals surface area contributed by atoms with Gasteiger partial charge in [-0.15, -0.1) is 0 Å². The lowest BCUT2D eigenvalue weighted by atomic mass is 10.1. The van der Waals surface area contributed by atoms with Gasteiger partial charge in [-0.3, -0.25) is 24.2 Å². The molecule has 15 nitrogen and oxygen atoms in total. The summed E-state index contributed by atoms with van der Waals surface area (Å²) < 4.78 is 0. The molecule has 15 heteroatoms. The van der Waals surface area contributed by atoms with Gasteiger partial charge in [0.05, 0.1) is 12.6 Å². The molecule has 0 spiro atoms. The minimum atomic E-state index is -1.44. The number of hydrogen-bond acceptors (Lipinski definition) is 8. The molecule has 0 aromatic heterocycles. The molecule has 1 saturated heterocycles. The van der Waals surface area contributed by atoms with Gasteiger partial charge < -0.3 is 48.7 Å². The van der Waals surface area contributed by atoms with Crippen LogP contribution in [0.2, 0.25) is 0 Å². The van der Waals surface area contributed by atoms with Gasteiger partial charge in [-0.05, 0) is 32.1 Å². The number of guanidine groups is 1. The highest BCUT2D eigenvalue weighted by atomic mass is 16.4. The van der Waals surface area contributed by atoms with E-state index in [0.717, 1.165) is 4.90 Å². The van der Waals surface area contributed by atoms with Crippen molar-refractivity contribution in [2.45, 2.75) is 62.7 Å². The zero-order chi connectivity index (χ0) is 25.8. The maximum Gasteiger partial charge on any atom is 0.326 e. The Labute approximate surface area is 196 Å². The first-order valence-corrected chi connectivity index (χ1v) is 10.8. The summed E-state index contributed by atoms with van der Waals surface area (Å²) in [6.45, 7) is -0.379. The average Bonchev–Trinajstić information content (AvgIpc) is 3.26. The summed E-state index contributed by atoms with van der Waals surface area (Å²) in [6, 6.07) is -4.77. The molecule has 4 unspecified atom stereocenters. The number of carboxylic acids is 1. The molecule has 0 aromatic rings. The first-order chi connectivity index (χ1) is 16.0. The second-order valence-electron chi connectivity index (χ2n) is 7.89. The number of hydrogen-bond donors (Lipinski definition) is 8. The molecule has 4 amide bonds. The van der Waals surface area contributed by atoms with Gasteiger partial charge in [-0.25, -0.2) is 4.79 Å². The van der Waals surface area contributed by atoms with Crippen molar-refractivity contribution in [2.75, 3.05) is 19.7 Å². The van der Waals surface area contributed by atoms with Crippen molar-refractivity contribution in [3.63, 3.8) is 0 Å². The zero-order valence-electron chi connectivity index (χ0n) is 18.8. The van der Waals surface area contributed by atoms with E-state index >= 15 is 0 Å². The number of carbonyl (C=O) groups is 5. The summed E-state index contributed by atoms with van der Waals surface area (Å²) in [7, 11) is 0. The van der Waals surface area contributed by atoms with Crippen molar-refractivity contribution in [3.05, 3.63) is 0 Å². The van der Waals surface area contributed by atoms with Crippen LogP contribution in [-0.4, -0.2) is 94.5 Å². The number of aliphatic hydroxyl groups excluding tert-OH is 1. The smallest absolute Gasteiger partial charge is 0.326 e. The molecule has 0 aliphatic carbocycles. The van der Waals surface area contributed by atoms with Crippen LogP contribution in [0.15, 0.2) is 4.99 Å². The van der Waals surface area contributed by atoms with E-state index in [1.54, 1.807) is 0 Å². The van der Waals surface area contributed by atoms with Gasteiger partial charge in [0.15, 0.2) is 5.96 Å². The van der Waals surface area contributed by atoms with Crippen LogP contribution < -0.4 is 33.6 Å². The number of primary amides is 1. The van der Waals surface area contributed by atoms with E-state index in [9.17, 15) is 34.2 Å². The van der Waals surface area contributed by atoms with E-state index in [1.807, 2.05) is 0 Å². The second-order valence-corrected chi connectivity index (χ2v) is 7.89. The molecule has 1 aliphatic rings. The Morgan fingerprint density at radius 1 is 1.03 bits per heavy atom. The van der Waals surface area contributed by atoms with Crippen molar-refractivity contribution in [2.24, 2.45) is 27.9 Å². The topological polar surface area (TPSA) is 270 Å². The number of aliphatic hydroxyl groups is 1. The molecule has 0 radical (unpaired) electrons.